The molecule has 1 aromatic heterocycles. The van der Waals surface area contributed by atoms with Crippen LogP contribution < -0.4 is 19.3 Å². The lowest BCUT2D eigenvalue weighted by molar-refractivity contribution is 0.355. The van der Waals surface area contributed by atoms with Gasteiger partial charge in [0.25, 0.3) is 0 Å². The Bertz CT molecular complexity index is 768. The summed E-state index contributed by atoms with van der Waals surface area (Å²) in [5, 5.41) is 1.05. The van der Waals surface area contributed by atoms with Crippen LogP contribution in [0.25, 0.3) is 10.9 Å². The van der Waals surface area contributed by atoms with Crippen LogP contribution in [0.5, 0.6) is 11.5 Å². The first-order chi connectivity index (χ1) is 12.8. The van der Waals surface area contributed by atoms with E-state index in [-0.39, 0.29) is 0 Å². The summed E-state index contributed by atoms with van der Waals surface area (Å²) in [4.78, 5) is 14.7. The second-order valence-electron chi connectivity index (χ2n) is 7.17. The second-order valence-corrected chi connectivity index (χ2v) is 7.17. The Labute approximate surface area is 155 Å². The average Bonchev–Trinajstić information content (AvgIpc) is 2.73. The zero-order valence-electron chi connectivity index (χ0n) is 15.8. The number of benzene rings is 1. The fourth-order valence-electron chi connectivity index (χ4n) is 4.01. The maximum atomic E-state index is 5.52. The molecule has 0 amide bonds. The highest BCUT2D eigenvalue weighted by Gasteiger charge is 2.22. The Morgan fingerprint density at radius 1 is 0.731 bits per heavy atom. The smallest absolute Gasteiger partial charge is 0.227 e. The molecule has 26 heavy (non-hydrogen) atoms. The fraction of sp³-hybridized carbons (Fsp3) is 0.600. The highest BCUT2D eigenvalue weighted by atomic mass is 16.5. The normalized spacial score (nSPS) is 18.2. The molecule has 6 nitrogen and oxygen atoms in total. The summed E-state index contributed by atoms with van der Waals surface area (Å²) in [6.45, 7) is 4.19. The van der Waals surface area contributed by atoms with Crippen LogP contribution in [0.1, 0.15) is 38.5 Å². The van der Waals surface area contributed by atoms with E-state index >= 15 is 0 Å². The summed E-state index contributed by atoms with van der Waals surface area (Å²) in [6, 6.07) is 4.01. The van der Waals surface area contributed by atoms with Crippen molar-refractivity contribution in [3.63, 3.8) is 0 Å². The van der Waals surface area contributed by atoms with E-state index in [9.17, 15) is 0 Å². The lowest BCUT2D eigenvalue weighted by atomic mass is 10.1. The number of methoxy groups -OCH3 is 2. The maximum Gasteiger partial charge on any atom is 0.227 e. The van der Waals surface area contributed by atoms with Crippen LogP contribution in [-0.4, -0.2) is 50.4 Å². The van der Waals surface area contributed by atoms with Gasteiger partial charge in [0.05, 0.1) is 19.7 Å². The topological polar surface area (TPSA) is 50.7 Å². The molecular weight excluding hydrogens is 328 g/mol. The molecule has 2 aliphatic heterocycles. The number of fused-ring (bicyclic) bond motifs is 1. The number of aromatic nitrogens is 2. The molecule has 0 spiro atoms. The lowest BCUT2D eigenvalue weighted by Gasteiger charge is -2.31. The standard InChI is InChI=1S/C20H28N4O2/c1-25-17-13-15-16(14-18(17)26-2)21-20(24-11-7-4-8-12-24)22-19(15)23-9-5-3-6-10-23/h13-14H,3-12H2,1-2H3. The molecule has 1 aromatic carbocycles. The van der Waals surface area contributed by atoms with Gasteiger partial charge >= 0.3 is 0 Å². The summed E-state index contributed by atoms with van der Waals surface area (Å²) >= 11 is 0. The molecule has 0 bridgehead atoms. The van der Waals surface area contributed by atoms with Gasteiger partial charge in [-0.05, 0) is 44.6 Å². The van der Waals surface area contributed by atoms with Crippen LogP contribution in [0.15, 0.2) is 12.1 Å². The van der Waals surface area contributed by atoms with Crippen LogP contribution in [-0.2, 0) is 0 Å². The van der Waals surface area contributed by atoms with E-state index in [1.165, 1.54) is 38.5 Å². The number of ether oxygens (including phenoxy) is 2. The summed E-state index contributed by atoms with van der Waals surface area (Å²) < 4.78 is 11.0. The van der Waals surface area contributed by atoms with Crippen molar-refractivity contribution in [3.05, 3.63) is 12.1 Å². The van der Waals surface area contributed by atoms with Crippen molar-refractivity contribution in [3.8, 4) is 11.5 Å². The van der Waals surface area contributed by atoms with Crippen molar-refractivity contribution in [2.45, 2.75) is 38.5 Å². The van der Waals surface area contributed by atoms with Gasteiger partial charge in [-0.25, -0.2) is 4.98 Å². The van der Waals surface area contributed by atoms with Gasteiger partial charge in [0, 0.05) is 37.6 Å². The Morgan fingerprint density at radius 2 is 1.31 bits per heavy atom. The molecule has 0 saturated carbocycles. The molecule has 0 radical (unpaired) electrons. The average molecular weight is 356 g/mol. The van der Waals surface area contributed by atoms with Gasteiger partial charge in [0.2, 0.25) is 5.95 Å². The number of nitrogens with zero attached hydrogens (tertiary/aromatic N) is 4. The largest absolute Gasteiger partial charge is 0.493 e. The van der Waals surface area contributed by atoms with E-state index in [0.717, 1.165) is 54.6 Å². The maximum absolute atomic E-state index is 5.52. The second kappa shape index (κ2) is 7.56. The first-order valence-corrected chi connectivity index (χ1v) is 9.74. The van der Waals surface area contributed by atoms with Crippen LogP contribution in [0.2, 0.25) is 0 Å². The van der Waals surface area contributed by atoms with Crippen molar-refractivity contribution in [2.75, 3.05) is 50.2 Å². The number of anilines is 2. The predicted molar refractivity (Wildman–Crippen MR) is 105 cm³/mol. The van der Waals surface area contributed by atoms with Crippen molar-refractivity contribution < 1.29 is 9.47 Å². The van der Waals surface area contributed by atoms with Crippen LogP contribution in [0.4, 0.5) is 11.8 Å². The van der Waals surface area contributed by atoms with Gasteiger partial charge in [0.1, 0.15) is 5.82 Å². The van der Waals surface area contributed by atoms with E-state index in [4.69, 9.17) is 19.4 Å². The predicted octanol–water partition coefficient (Wildman–Crippen LogP) is 3.63. The van der Waals surface area contributed by atoms with E-state index in [2.05, 4.69) is 9.80 Å². The molecule has 2 aromatic rings. The molecule has 6 heteroatoms. The molecule has 0 atom stereocenters. The zero-order chi connectivity index (χ0) is 17.9. The van der Waals surface area contributed by atoms with E-state index in [0.29, 0.717) is 5.75 Å². The summed E-state index contributed by atoms with van der Waals surface area (Å²) in [5.41, 5.74) is 0.929. The number of piperidine rings is 2. The minimum absolute atomic E-state index is 0.716. The van der Waals surface area contributed by atoms with Crippen LogP contribution in [0.3, 0.4) is 0 Å². The Morgan fingerprint density at radius 3 is 1.92 bits per heavy atom. The quantitative estimate of drug-likeness (QED) is 0.834. The van der Waals surface area contributed by atoms with Gasteiger partial charge in [-0.2, -0.15) is 4.98 Å². The van der Waals surface area contributed by atoms with Gasteiger partial charge in [-0.3, -0.25) is 0 Å². The summed E-state index contributed by atoms with van der Waals surface area (Å²) in [7, 11) is 3.34. The molecule has 4 rings (SSSR count). The molecule has 0 N–H and O–H groups in total. The van der Waals surface area contributed by atoms with Crippen molar-refractivity contribution in [1.29, 1.82) is 0 Å². The summed E-state index contributed by atoms with van der Waals surface area (Å²) in [5.74, 6) is 3.33. The van der Waals surface area contributed by atoms with E-state index in [1.54, 1.807) is 14.2 Å². The molecule has 2 aliphatic rings. The molecule has 3 heterocycles. The monoisotopic (exact) mass is 356 g/mol. The Balaban J connectivity index is 1.85. The van der Waals surface area contributed by atoms with E-state index < -0.39 is 0 Å². The van der Waals surface area contributed by atoms with Gasteiger partial charge in [-0.1, -0.05) is 0 Å². The highest BCUT2D eigenvalue weighted by Crippen LogP contribution is 2.37. The van der Waals surface area contributed by atoms with Crippen LogP contribution in [0, 0.1) is 0 Å². The molecule has 0 aliphatic carbocycles. The number of hydrogen-bond acceptors (Lipinski definition) is 6. The molecular formula is C20H28N4O2. The molecule has 2 fully saturated rings. The van der Waals surface area contributed by atoms with E-state index in [1.807, 2.05) is 12.1 Å². The molecule has 0 unspecified atom stereocenters. The van der Waals surface area contributed by atoms with Gasteiger partial charge in [-0.15, -0.1) is 0 Å². The summed E-state index contributed by atoms with van der Waals surface area (Å²) in [6.07, 6.45) is 7.47. The highest BCUT2D eigenvalue weighted by molar-refractivity contribution is 5.93. The van der Waals surface area contributed by atoms with Crippen molar-refractivity contribution in [2.24, 2.45) is 0 Å². The third kappa shape index (κ3) is 3.24. The Hall–Kier alpha value is -2.24. The third-order valence-electron chi connectivity index (χ3n) is 5.46. The fourth-order valence-corrected chi connectivity index (χ4v) is 4.01. The third-order valence-corrected chi connectivity index (χ3v) is 5.46. The minimum Gasteiger partial charge on any atom is -0.493 e. The molecule has 140 valence electrons. The SMILES string of the molecule is COc1cc2nc(N3CCCCC3)nc(N3CCCCC3)c2cc1OC. The lowest BCUT2D eigenvalue weighted by Crippen LogP contribution is -2.33. The Kier molecular flexibility index (Phi) is 5.00. The molecule has 2 saturated heterocycles. The number of hydrogen-bond donors (Lipinski definition) is 0. The van der Waals surface area contributed by atoms with Gasteiger partial charge < -0.3 is 19.3 Å². The van der Waals surface area contributed by atoms with Crippen LogP contribution >= 0.6 is 0 Å². The number of rotatable bonds is 4. The first-order valence-electron chi connectivity index (χ1n) is 9.74. The first kappa shape index (κ1) is 17.2. The van der Waals surface area contributed by atoms with Gasteiger partial charge in [0.15, 0.2) is 11.5 Å². The minimum atomic E-state index is 0.716. The van der Waals surface area contributed by atoms with Crippen molar-refractivity contribution >= 4 is 22.7 Å². The van der Waals surface area contributed by atoms with Crippen molar-refractivity contribution in [1.82, 2.24) is 9.97 Å². The zero-order valence-corrected chi connectivity index (χ0v) is 15.8.